The summed E-state index contributed by atoms with van der Waals surface area (Å²) in [6, 6.07) is 3.52. The highest BCUT2D eigenvalue weighted by Crippen LogP contribution is 2.54. The minimum Gasteiger partial charge on any atom is -0.468 e. The number of ketones is 1. The Labute approximate surface area is 141 Å². The number of hydrogen-bond acceptors (Lipinski definition) is 5. The summed E-state index contributed by atoms with van der Waals surface area (Å²) >= 11 is 0. The maximum Gasteiger partial charge on any atom is 0.413 e. The molecule has 0 saturated heterocycles. The van der Waals surface area contributed by atoms with Crippen molar-refractivity contribution in [2.24, 2.45) is 5.41 Å². The van der Waals surface area contributed by atoms with Gasteiger partial charge in [0.2, 0.25) is 0 Å². The third-order valence-corrected chi connectivity index (χ3v) is 3.63. The van der Waals surface area contributed by atoms with Crippen LogP contribution in [0.15, 0.2) is 24.3 Å². The average molecular weight is 387 g/mol. The molecule has 0 spiro atoms. The molecule has 0 aromatic heterocycles. The van der Waals surface area contributed by atoms with Crippen LogP contribution in [0, 0.1) is 15.5 Å². The molecule has 0 aliphatic rings. The first-order chi connectivity index (χ1) is 11.8. The van der Waals surface area contributed by atoms with Gasteiger partial charge in [-0.05, 0) is 18.6 Å². The van der Waals surface area contributed by atoms with Gasteiger partial charge in [0.25, 0.3) is 11.1 Å². The number of ether oxygens (including phenoxy) is 1. The van der Waals surface area contributed by atoms with Crippen LogP contribution in [0.5, 0.6) is 0 Å². The lowest BCUT2D eigenvalue weighted by molar-refractivity contribution is -0.384. The van der Waals surface area contributed by atoms with E-state index in [0.29, 0.717) is 7.11 Å². The van der Waals surface area contributed by atoms with Crippen molar-refractivity contribution in [3.8, 4) is 0 Å². The Hall–Kier alpha value is -2.66. The summed E-state index contributed by atoms with van der Waals surface area (Å²) < 4.78 is 82.3. The molecule has 0 unspecified atom stereocenters. The maximum atomic E-state index is 13.1. The Bertz CT molecular complexity index is 681. The van der Waals surface area contributed by atoms with E-state index < -0.39 is 53.0 Å². The minimum absolute atomic E-state index is 0.335. The van der Waals surface area contributed by atoms with Gasteiger partial charge in [-0.15, -0.1) is 0 Å². The van der Waals surface area contributed by atoms with Crippen LogP contribution >= 0.6 is 0 Å². The van der Waals surface area contributed by atoms with Gasteiger partial charge in [0.1, 0.15) is 0 Å². The Morgan fingerprint density at radius 1 is 1.04 bits per heavy atom. The van der Waals surface area contributed by atoms with Crippen LogP contribution in [0.2, 0.25) is 0 Å². The Balaban J connectivity index is 3.15. The molecule has 144 valence electrons. The molecule has 0 fully saturated rings. The number of nitro groups is 1. The van der Waals surface area contributed by atoms with Gasteiger partial charge >= 0.3 is 18.3 Å². The molecule has 0 N–H and O–H groups in total. The van der Waals surface area contributed by atoms with Gasteiger partial charge in [-0.1, -0.05) is 0 Å². The first-order valence-electron chi connectivity index (χ1n) is 6.77. The van der Waals surface area contributed by atoms with Crippen LogP contribution in [-0.4, -0.2) is 36.1 Å². The number of nitro benzene ring substituents is 1. The fraction of sp³-hybridized carbons (Fsp3) is 0.429. The second kappa shape index (κ2) is 7.30. The van der Waals surface area contributed by atoms with Crippen LogP contribution in [0.25, 0.3) is 0 Å². The van der Waals surface area contributed by atoms with Crippen LogP contribution in [0.4, 0.5) is 32.0 Å². The van der Waals surface area contributed by atoms with Gasteiger partial charge in [-0.3, -0.25) is 19.7 Å². The molecule has 0 heterocycles. The molecule has 0 atom stereocenters. The Morgan fingerprint density at radius 3 is 1.85 bits per heavy atom. The maximum absolute atomic E-state index is 13.1. The number of halogens is 6. The van der Waals surface area contributed by atoms with E-state index in [4.69, 9.17) is 0 Å². The monoisotopic (exact) mass is 387 g/mol. The number of carbonyl (C=O) groups excluding carboxylic acids is 2. The van der Waals surface area contributed by atoms with Crippen LogP contribution in [-0.2, 0) is 9.53 Å². The normalized spacial score (nSPS) is 12.6. The molecule has 0 radical (unpaired) electrons. The Morgan fingerprint density at radius 2 is 1.50 bits per heavy atom. The first kappa shape index (κ1) is 21.4. The summed E-state index contributed by atoms with van der Waals surface area (Å²) in [5, 5.41) is 10.5. The van der Waals surface area contributed by atoms with Gasteiger partial charge in [0, 0.05) is 24.1 Å². The van der Waals surface area contributed by atoms with Crippen molar-refractivity contribution in [2.45, 2.75) is 25.2 Å². The van der Waals surface area contributed by atoms with Gasteiger partial charge in [-0.2, -0.15) is 26.3 Å². The smallest absolute Gasteiger partial charge is 0.413 e. The van der Waals surface area contributed by atoms with Crippen molar-refractivity contribution in [1.82, 2.24) is 0 Å². The lowest BCUT2D eigenvalue weighted by atomic mass is 9.80. The van der Waals surface area contributed by atoms with Crippen molar-refractivity contribution in [2.75, 3.05) is 7.11 Å². The number of esters is 1. The molecular formula is C14H11F6NO5. The van der Waals surface area contributed by atoms with Gasteiger partial charge in [0.15, 0.2) is 5.78 Å². The molecule has 0 amide bonds. The van der Waals surface area contributed by atoms with Crippen molar-refractivity contribution in [3.05, 3.63) is 39.9 Å². The number of nitrogens with zero attached hydrogens (tertiary/aromatic N) is 1. The first-order valence-corrected chi connectivity index (χ1v) is 6.77. The molecule has 1 rings (SSSR count). The third-order valence-electron chi connectivity index (χ3n) is 3.63. The number of methoxy groups -OCH3 is 1. The fourth-order valence-electron chi connectivity index (χ4n) is 2.17. The molecule has 12 heteroatoms. The SMILES string of the molecule is COC(=O)C(CCC(=O)c1ccc([N+](=O)[O-])cc1)(C(F)(F)F)C(F)(F)F. The molecule has 0 aliphatic carbocycles. The van der Waals surface area contributed by atoms with E-state index in [0.717, 1.165) is 24.3 Å². The number of rotatable bonds is 6. The van der Waals surface area contributed by atoms with Gasteiger partial charge in [0.05, 0.1) is 12.0 Å². The summed E-state index contributed by atoms with van der Waals surface area (Å²) in [6.07, 6.45) is -15.3. The quantitative estimate of drug-likeness (QED) is 0.243. The summed E-state index contributed by atoms with van der Waals surface area (Å²) in [5.74, 6) is -3.73. The predicted molar refractivity (Wildman–Crippen MR) is 73.2 cm³/mol. The van der Waals surface area contributed by atoms with Crippen molar-refractivity contribution in [3.63, 3.8) is 0 Å². The zero-order valence-electron chi connectivity index (χ0n) is 13.0. The molecule has 0 aliphatic heterocycles. The van der Waals surface area contributed by atoms with E-state index in [1.165, 1.54) is 0 Å². The van der Waals surface area contributed by atoms with Gasteiger partial charge in [-0.25, -0.2) is 0 Å². The van der Waals surface area contributed by atoms with Crippen LogP contribution in [0.1, 0.15) is 23.2 Å². The summed E-state index contributed by atoms with van der Waals surface area (Å²) in [4.78, 5) is 32.9. The second-order valence-electron chi connectivity index (χ2n) is 5.12. The standard InChI is InChI=1S/C14H11F6NO5/c1-26-11(23)12(13(15,16)17,14(18,19)20)7-6-10(22)8-2-4-9(5-3-8)21(24)25/h2-5H,6-7H2,1H3. The highest BCUT2D eigenvalue weighted by atomic mass is 19.4. The summed E-state index contributed by atoms with van der Waals surface area (Å²) in [6.45, 7) is 0. The lowest BCUT2D eigenvalue weighted by Crippen LogP contribution is -2.56. The number of Topliss-reactive ketones (excluding diaryl/α,β-unsaturated/α-hetero) is 1. The minimum atomic E-state index is -6.05. The molecular weight excluding hydrogens is 376 g/mol. The Kier molecular flexibility index (Phi) is 6.00. The molecule has 26 heavy (non-hydrogen) atoms. The fourth-order valence-corrected chi connectivity index (χ4v) is 2.17. The van der Waals surface area contributed by atoms with Gasteiger partial charge < -0.3 is 4.74 Å². The van der Waals surface area contributed by atoms with E-state index in [1.54, 1.807) is 0 Å². The lowest BCUT2D eigenvalue weighted by Gasteiger charge is -2.34. The number of alkyl halides is 6. The van der Waals surface area contributed by atoms with E-state index in [1.807, 2.05) is 0 Å². The molecule has 1 aromatic rings. The van der Waals surface area contributed by atoms with Crippen molar-refractivity contribution < 1.29 is 45.6 Å². The van der Waals surface area contributed by atoms with E-state index >= 15 is 0 Å². The number of benzene rings is 1. The second-order valence-corrected chi connectivity index (χ2v) is 5.12. The molecule has 0 bridgehead atoms. The summed E-state index contributed by atoms with van der Waals surface area (Å²) in [7, 11) is 0.368. The highest BCUT2D eigenvalue weighted by Gasteiger charge is 2.76. The zero-order valence-corrected chi connectivity index (χ0v) is 13.0. The van der Waals surface area contributed by atoms with Crippen molar-refractivity contribution >= 4 is 17.4 Å². The van der Waals surface area contributed by atoms with Crippen LogP contribution in [0.3, 0.4) is 0 Å². The number of non-ortho nitro benzene ring substituents is 1. The number of carbonyl (C=O) groups is 2. The zero-order chi connectivity index (χ0) is 20.3. The van der Waals surface area contributed by atoms with E-state index in [9.17, 15) is 46.0 Å². The third kappa shape index (κ3) is 3.94. The molecule has 1 aromatic carbocycles. The predicted octanol–water partition coefficient (Wildman–Crippen LogP) is 3.84. The average Bonchev–Trinajstić information content (AvgIpc) is 2.52. The molecule has 0 saturated carbocycles. The summed E-state index contributed by atoms with van der Waals surface area (Å²) in [5.41, 5.74) is -5.61. The van der Waals surface area contributed by atoms with E-state index in [2.05, 4.69) is 4.74 Å². The molecule has 6 nitrogen and oxygen atoms in total. The highest BCUT2D eigenvalue weighted by molar-refractivity contribution is 5.96. The van der Waals surface area contributed by atoms with Crippen molar-refractivity contribution in [1.29, 1.82) is 0 Å². The van der Waals surface area contributed by atoms with Crippen LogP contribution < -0.4 is 0 Å². The largest absolute Gasteiger partial charge is 0.468 e. The topological polar surface area (TPSA) is 86.5 Å². The number of hydrogen-bond donors (Lipinski definition) is 0. The van der Waals surface area contributed by atoms with E-state index in [-0.39, 0.29) is 5.56 Å².